The van der Waals surface area contributed by atoms with Crippen molar-refractivity contribution in [1.29, 1.82) is 0 Å². The smallest absolute Gasteiger partial charge is 0.251 e. The van der Waals surface area contributed by atoms with E-state index in [1.165, 1.54) is 24.3 Å². The first-order chi connectivity index (χ1) is 11.5. The molecule has 0 saturated heterocycles. The maximum Gasteiger partial charge on any atom is 0.251 e. The van der Waals surface area contributed by atoms with Crippen LogP contribution in [0.15, 0.2) is 48.5 Å². The molecule has 0 bridgehead atoms. The monoisotopic (exact) mass is 327 g/mol. The van der Waals surface area contributed by atoms with Crippen LogP contribution >= 0.6 is 0 Å². The van der Waals surface area contributed by atoms with Crippen molar-refractivity contribution in [3.05, 3.63) is 65.5 Å². The number of carbonyl (C=O) groups is 1. The fourth-order valence-electron chi connectivity index (χ4n) is 2.15. The topological polar surface area (TPSA) is 58.6 Å². The minimum absolute atomic E-state index is 0.159. The number of benzene rings is 2. The highest BCUT2D eigenvalue weighted by molar-refractivity contribution is 5.94. The number of carbonyl (C=O) groups excluding carboxylic acids is 1. The van der Waals surface area contributed by atoms with Crippen LogP contribution in [0.3, 0.4) is 0 Å². The Labute approximate surface area is 140 Å². The van der Waals surface area contributed by atoms with Crippen LogP contribution in [0.2, 0.25) is 0 Å². The van der Waals surface area contributed by atoms with Crippen LogP contribution in [0.1, 0.15) is 28.9 Å². The molecule has 2 aromatic rings. The molecule has 0 saturated carbocycles. The van der Waals surface area contributed by atoms with Gasteiger partial charge in [0.05, 0.1) is 12.1 Å². The van der Waals surface area contributed by atoms with E-state index in [2.05, 4.69) is 11.2 Å². The summed E-state index contributed by atoms with van der Waals surface area (Å²) >= 11 is 0. The lowest BCUT2D eigenvalue weighted by atomic mass is 10.0. The summed E-state index contributed by atoms with van der Waals surface area (Å²) in [6, 6.07) is 11.5. The number of hydrogen-bond donors (Lipinski definition) is 2. The average molecular weight is 327 g/mol. The first kappa shape index (κ1) is 17.5. The Morgan fingerprint density at radius 3 is 2.46 bits per heavy atom. The first-order valence-electron chi connectivity index (χ1n) is 7.42. The van der Waals surface area contributed by atoms with Gasteiger partial charge in [0.1, 0.15) is 18.2 Å². The fourth-order valence-corrected chi connectivity index (χ4v) is 2.15. The molecule has 0 radical (unpaired) electrons. The zero-order chi connectivity index (χ0) is 17.5. The van der Waals surface area contributed by atoms with Crippen molar-refractivity contribution in [2.75, 3.05) is 6.61 Å². The molecule has 0 aliphatic rings. The van der Waals surface area contributed by atoms with Crippen LogP contribution in [-0.2, 0) is 0 Å². The van der Waals surface area contributed by atoms with E-state index in [9.17, 15) is 14.3 Å². The van der Waals surface area contributed by atoms with Crippen molar-refractivity contribution >= 4 is 5.91 Å². The lowest BCUT2D eigenvalue weighted by molar-refractivity contribution is 0.0852. The van der Waals surface area contributed by atoms with Gasteiger partial charge < -0.3 is 15.2 Å². The third-order valence-electron chi connectivity index (χ3n) is 3.48. The number of aliphatic hydroxyl groups is 1. The second kappa shape index (κ2) is 8.14. The second-order valence-corrected chi connectivity index (χ2v) is 5.28. The zero-order valence-corrected chi connectivity index (χ0v) is 13.2. The SMILES string of the molecule is C#CCOc1ccc(C(=O)NC(C)C(O)c2ccc(F)cc2)cc1. The van der Waals surface area contributed by atoms with Crippen LogP contribution in [0, 0.1) is 18.2 Å². The number of amides is 1. The molecule has 5 heteroatoms. The van der Waals surface area contributed by atoms with E-state index >= 15 is 0 Å². The van der Waals surface area contributed by atoms with Crippen LogP contribution in [0.4, 0.5) is 4.39 Å². The van der Waals surface area contributed by atoms with Crippen molar-refractivity contribution in [3.8, 4) is 18.1 Å². The largest absolute Gasteiger partial charge is 0.481 e. The summed E-state index contributed by atoms with van der Waals surface area (Å²) in [5, 5.41) is 13.0. The Hall–Kier alpha value is -2.84. The molecule has 2 rings (SSSR count). The Kier molecular flexibility index (Phi) is 5.94. The van der Waals surface area contributed by atoms with Gasteiger partial charge in [-0.05, 0) is 48.9 Å². The van der Waals surface area contributed by atoms with Gasteiger partial charge in [0, 0.05) is 5.56 Å². The predicted octanol–water partition coefficient (Wildman–Crippen LogP) is 2.69. The van der Waals surface area contributed by atoms with Crippen LogP contribution < -0.4 is 10.1 Å². The first-order valence-corrected chi connectivity index (χ1v) is 7.42. The third-order valence-corrected chi connectivity index (χ3v) is 3.48. The summed E-state index contributed by atoms with van der Waals surface area (Å²) in [6.07, 6.45) is 4.17. The lowest BCUT2D eigenvalue weighted by Gasteiger charge is -2.20. The Morgan fingerprint density at radius 1 is 1.25 bits per heavy atom. The number of ether oxygens (including phenoxy) is 1. The second-order valence-electron chi connectivity index (χ2n) is 5.28. The minimum atomic E-state index is -0.937. The van der Waals surface area contributed by atoms with Gasteiger partial charge >= 0.3 is 0 Å². The summed E-state index contributed by atoms with van der Waals surface area (Å²) in [5.41, 5.74) is 0.962. The zero-order valence-electron chi connectivity index (χ0n) is 13.2. The fraction of sp³-hybridized carbons (Fsp3) is 0.211. The molecule has 4 nitrogen and oxygen atoms in total. The normalized spacial score (nSPS) is 12.8. The lowest BCUT2D eigenvalue weighted by Crippen LogP contribution is -2.37. The van der Waals surface area contributed by atoms with E-state index in [0.29, 0.717) is 16.9 Å². The van der Waals surface area contributed by atoms with Crippen molar-refractivity contribution in [2.45, 2.75) is 19.1 Å². The molecular weight excluding hydrogens is 309 g/mol. The van der Waals surface area contributed by atoms with Gasteiger partial charge in [-0.1, -0.05) is 18.1 Å². The van der Waals surface area contributed by atoms with Crippen molar-refractivity contribution in [3.63, 3.8) is 0 Å². The summed E-state index contributed by atoms with van der Waals surface area (Å²) in [6.45, 7) is 1.84. The van der Waals surface area contributed by atoms with Gasteiger partial charge in [0.2, 0.25) is 0 Å². The number of hydrogen-bond acceptors (Lipinski definition) is 3. The van der Waals surface area contributed by atoms with Gasteiger partial charge in [-0.3, -0.25) is 4.79 Å². The number of rotatable bonds is 6. The van der Waals surface area contributed by atoms with E-state index < -0.39 is 12.1 Å². The number of nitrogens with one attached hydrogen (secondary N) is 1. The van der Waals surface area contributed by atoms with Crippen molar-refractivity contribution < 1.29 is 19.0 Å². The standard InChI is InChI=1S/C19H18FNO3/c1-3-12-24-17-10-6-15(7-11-17)19(23)21-13(2)18(22)14-4-8-16(20)9-5-14/h1,4-11,13,18,22H,12H2,2H3,(H,21,23). The van der Waals surface area contributed by atoms with Gasteiger partial charge in [-0.15, -0.1) is 6.42 Å². The van der Waals surface area contributed by atoms with E-state index in [-0.39, 0.29) is 18.3 Å². The summed E-state index contributed by atoms with van der Waals surface area (Å²) in [5.74, 6) is 2.22. The summed E-state index contributed by atoms with van der Waals surface area (Å²) < 4.78 is 18.2. The molecule has 2 aromatic carbocycles. The molecular formula is C19H18FNO3. The molecule has 0 heterocycles. The van der Waals surface area contributed by atoms with E-state index in [1.54, 1.807) is 31.2 Å². The van der Waals surface area contributed by atoms with Crippen LogP contribution in [0.25, 0.3) is 0 Å². The highest BCUT2D eigenvalue weighted by Crippen LogP contribution is 2.18. The Morgan fingerprint density at radius 2 is 1.88 bits per heavy atom. The number of aliphatic hydroxyl groups excluding tert-OH is 1. The average Bonchev–Trinajstić information content (AvgIpc) is 2.60. The maximum absolute atomic E-state index is 12.9. The van der Waals surface area contributed by atoms with Crippen molar-refractivity contribution in [2.24, 2.45) is 0 Å². The van der Waals surface area contributed by atoms with Gasteiger partial charge in [-0.2, -0.15) is 0 Å². The molecule has 0 aromatic heterocycles. The molecule has 24 heavy (non-hydrogen) atoms. The molecule has 0 fully saturated rings. The molecule has 1 amide bonds. The third kappa shape index (κ3) is 4.58. The number of terminal acetylenes is 1. The van der Waals surface area contributed by atoms with Gasteiger partial charge in [0.25, 0.3) is 5.91 Å². The molecule has 0 aliphatic heterocycles. The highest BCUT2D eigenvalue weighted by atomic mass is 19.1. The molecule has 0 aliphatic carbocycles. The molecule has 2 unspecified atom stereocenters. The number of halogens is 1. The van der Waals surface area contributed by atoms with Crippen molar-refractivity contribution in [1.82, 2.24) is 5.32 Å². The highest BCUT2D eigenvalue weighted by Gasteiger charge is 2.19. The summed E-state index contributed by atoms with van der Waals surface area (Å²) in [7, 11) is 0. The minimum Gasteiger partial charge on any atom is -0.481 e. The van der Waals surface area contributed by atoms with Gasteiger partial charge in [0.15, 0.2) is 0 Å². The molecule has 124 valence electrons. The summed E-state index contributed by atoms with van der Waals surface area (Å²) in [4.78, 5) is 12.2. The van der Waals surface area contributed by atoms with E-state index in [4.69, 9.17) is 11.2 Å². The maximum atomic E-state index is 12.9. The van der Waals surface area contributed by atoms with Gasteiger partial charge in [-0.25, -0.2) is 4.39 Å². The predicted molar refractivity (Wildman–Crippen MR) is 89.1 cm³/mol. The molecule has 0 spiro atoms. The molecule has 2 N–H and O–H groups in total. The van der Waals surface area contributed by atoms with E-state index in [1.807, 2.05) is 0 Å². The molecule has 2 atom stereocenters. The van der Waals surface area contributed by atoms with Crippen LogP contribution in [0.5, 0.6) is 5.75 Å². The quantitative estimate of drug-likeness (QED) is 0.802. The Balaban J connectivity index is 1.97. The van der Waals surface area contributed by atoms with E-state index in [0.717, 1.165) is 0 Å². The van der Waals surface area contributed by atoms with Crippen LogP contribution in [-0.4, -0.2) is 23.7 Å². The Bertz CT molecular complexity index is 720.